The lowest BCUT2D eigenvalue weighted by Crippen LogP contribution is -2.24. The molecule has 1 N–H and O–H groups in total. The lowest BCUT2D eigenvalue weighted by molar-refractivity contribution is 0.00408. The molecule has 110 valence electrons. The summed E-state index contributed by atoms with van der Waals surface area (Å²) in [5.41, 5.74) is 0. The molecule has 18 heavy (non-hydrogen) atoms. The standard InChI is InChI=1S/C13H29NO4/c1-13(2)12-14-4-5-16-8-9-18-11-10-17-7-6-15-3/h13-14H,4-12H2,1-3H3. The molecule has 5 heteroatoms. The number of hydrogen-bond acceptors (Lipinski definition) is 5. The highest BCUT2D eigenvalue weighted by Gasteiger charge is 1.93. The normalized spacial score (nSPS) is 11.3. The highest BCUT2D eigenvalue weighted by Crippen LogP contribution is 1.86. The Hall–Kier alpha value is -0.200. The van der Waals surface area contributed by atoms with Gasteiger partial charge >= 0.3 is 0 Å². The first-order valence-corrected chi connectivity index (χ1v) is 6.70. The zero-order chi connectivity index (χ0) is 13.5. The molecule has 0 aliphatic carbocycles. The fourth-order valence-corrected chi connectivity index (χ4v) is 1.22. The van der Waals surface area contributed by atoms with Crippen molar-refractivity contribution in [3.8, 4) is 0 Å². The minimum absolute atomic E-state index is 0.610. The van der Waals surface area contributed by atoms with Gasteiger partial charge in [-0.05, 0) is 12.5 Å². The molecule has 0 saturated heterocycles. The predicted molar refractivity (Wildman–Crippen MR) is 72.0 cm³/mol. The summed E-state index contributed by atoms with van der Waals surface area (Å²) in [7, 11) is 1.66. The summed E-state index contributed by atoms with van der Waals surface area (Å²) < 4.78 is 20.9. The van der Waals surface area contributed by atoms with E-state index in [0.29, 0.717) is 45.6 Å². The second kappa shape index (κ2) is 14.9. The van der Waals surface area contributed by atoms with E-state index in [1.807, 2.05) is 0 Å². The largest absolute Gasteiger partial charge is 0.382 e. The van der Waals surface area contributed by atoms with Gasteiger partial charge in [0.05, 0.1) is 46.2 Å². The molecule has 0 rings (SSSR count). The fourth-order valence-electron chi connectivity index (χ4n) is 1.22. The summed E-state index contributed by atoms with van der Waals surface area (Å²) in [5.74, 6) is 0.687. The van der Waals surface area contributed by atoms with Crippen LogP contribution in [-0.2, 0) is 18.9 Å². The van der Waals surface area contributed by atoms with Gasteiger partial charge in [0.2, 0.25) is 0 Å². The van der Waals surface area contributed by atoms with Gasteiger partial charge in [0.15, 0.2) is 0 Å². The van der Waals surface area contributed by atoms with Crippen molar-refractivity contribution in [1.29, 1.82) is 0 Å². The first kappa shape index (κ1) is 17.8. The van der Waals surface area contributed by atoms with E-state index in [1.54, 1.807) is 7.11 Å². The minimum atomic E-state index is 0.610. The smallest absolute Gasteiger partial charge is 0.0701 e. The van der Waals surface area contributed by atoms with E-state index >= 15 is 0 Å². The van der Waals surface area contributed by atoms with E-state index in [0.717, 1.165) is 19.7 Å². The lowest BCUT2D eigenvalue weighted by atomic mass is 10.2. The summed E-state index contributed by atoms with van der Waals surface area (Å²) in [6.07, 6.45) is 0. The maximum atomic E-state index is 5.41. The minimum Gasteiger partial charge on any atom is -0.382 e. The molecule has 0 aromatic carbocycles. The average Bonchev–Trinajstić information content (AvgIpc) is 2.34. The average molecular weight is 263 g/mol. The molecule has 0 aromatic rings. The molecule has 0 saturated carbocycles. The van der Waals surface area contributed by atoms with Gasteiger partial charge < -0.3 is 24.3 Å². The summed E-state index contributed by atoms with van der Waals surface area (Å²) in [6, 6.07) is 0. The van der Waals surface area contributed by atoms with E-state index in [2.05, 4.69) is 19.2 Å². The predicted octanol–water partition coefficient (Wildman–Crippen LogP) is 0.928. The molecule has 0 fully saturated rings. The summed E-state index contributed by atoms with van der Waals surface area (Å²) >= 11 is 0. The Morgan fingerprint density at radius 1 is 0.778 bits per heavy atom. The van der Waals surface area contributed by atoms with Crippen molar-refractivity contribution in [2.75, 3.05) is 66.4 Å². The Morgan fingerprint density at radius 2 is 1.28 bits per heavy atom. The third-order valence-corrected chi connectivity index (χ3v) is 2.15. The van der Waals surface area contributed by atoms with Crippen LogP contribution in [0.4, 0.5) is 0 Å². The lowest BCUT2D eigenvalue weighted by Gasteiger charge is -2.08. The Morgan fingerprint density at radius 3 is 1.78 bits per heavy atom. The molecule has 0 aromatic heterocycles. The maximum Gasteiger partial charge on any atom is 0.0701 e. The molecule has 5 nitrogen and oxygen atoms in total. The van der Waals surface area contributed by atoms with Gasteiger partial charge in [0.25, 0.3) is 0 Å². The first-order chi connectivity index (χ1) is 8.77. The summed E-state index contributed by atoms with van der Waals surface area (Å²) in [4.78, 5) is 0. The van der Waals surface area contributed by atoms with Gasteiger partial charge in [0, 0.05) is 13.7 Å². The SMILES string of the molecule is COCCOCCOCCOCCNCC(C)C. The van der Waals surface area contributed by atoms with Crippen LogP contribution in [0.1, 0.15) is 13.8 Å². The van der Waals surface area contributed by atoms with Crippen molar-refractivity contribution in [3.63, 3.8) is 0 Å². The highest BCUT2D eigenvalue weighted by atomic mass is 16.6. The highest BCUT2D eigenvalue weighted by molar-refractivity contribution is 4.49. The third kappa shape index (κ3) is 15.8. The quantitative estimate of drug-likeness (QED) is 0.472. The van der Waals surface area contributed by atoms with Crippen LogP contribution in [0.25, 0.3) is 0 Å². The Labute approximate surface area is 111 Å². The van der Waals surface area contributed by atoms with Crippen LogP contribution in [0.2, 0.25) is 0 Å². The monoisotopic (exact) mass is 263 g/mol. The van der Waals surface area contributed by atoms with Crippen molar-refractivity contribution < 1.29 is 18.9 Å². The van der Waals surface area contributed by atoms with Crippen molar-refractivity contribution in [2.24, 2.45) is 5.92 Å². The number of ether oxygens (including phenoxy) is 4. The van der Waals surface area contributed by atoms with Crippen molar-refractivity contribution in [3.05, 3.63) is 0 Å². The van der Waals surface area contributed by atoms with E-state index in [9.17, 15) is 0 Å². The maximum absolute atomic E-state index is 5.41. The van der Waals surface area contributed by atoms with Crippen molar-refractivity contribution in [2.45, 2.75) is 13.8 Å². The molecule has 0 heterocycles. The molecule has 0 bridgehead atoms. The zero-order valence-corrected chi connectivity index (χ0v) is 12.1. The molecule has 0 unspecified atom stereocenters. The van der Waals surface area contributed by atoms with Crippen LogP contribution >= 0.6 is 0 Å². The Balaban J connectivity index is 2.90. The van der Waals surface area contributed by atoms with Crippen LogP contribution < -0.4 is 5.32 Å². The third-order valence-electron chi connectivity index (χ3n) is 2.15. The van der Waals surface area contributed by atoms with E-state index in [-0.39, 0.29) is 0 Å². The van der Waals surface area contributed by atoms with Crippen LogP contribution in [0.5, 0.6) is 0 Å². The number of hydrogen-bond donors (Lipinski definition) is 1. The van der Waals surface area contributed by atoms with Crippen LogP contribution in [-0.4, -0.2) is 66.4 Å². The molecule has 0 amide bonds. The van der Waals surface area contributed by atoms with Crippen molar-refractivity contribution in [1.82, 2.24) is 5.32 Å². The molecular weight excluding hydrogens is 234 g/mol. The summed E-state index contributed by atoms with van der Waals surface area (Å²) in [5, 5.41) is 3.32. The van der Waals surface area contributed by atoms with E-state index < -0.39 is 0 Å². The van der Waals surface area contributed by atoms with Crippen LogP contribution in [0, 0.1) is 5.92 Å². The molecule has 0 atom stereocenters. The molecule has 0 aliphatic heterocycles. The second-order valence-corrected chi connectivity index (χ2v) is 4.43. The van der Waals surface area contributed by atoms with Crippen LogP contribution in [0.3, 0.4) is 0 Å². The molecular formula is C13H29NO4. The number of nitrogens with one attached hydrogen (secondary N) is 1. The van der Waals surface area contributed by atoms with E-state index in [4.69, 9.17) is 18.9 Å². The summed E-state index contributed by atoms with van der Waals surface area (Å²) in [6.45, 7) is 10.8. The topological polar surface area (TPSA) is 49.0 Å². The van der Waals surface area contributed by atoms with Gasteiger partial charge in [-0.1, -0.05) is 13.8 Å². The van der Waals surface area contributed by atoms with Gasteiger partial charge in [0.1, 0.15) is 0 Å². The van der Waals surface area contributed by atoms with Gasteiger partial charge in [-0.25, -0.2) is 0 Å². The molecule has 0 aliphatic rings. The zero-order valence-electron chi connectivity index (χ0n) is 12.1. The molecule has 0 radical (unpaired) electrons. The second-order valence-electron chi connectivity index (χ2n) is 4.43. The van der Waals surface area contributed by atoms with Gasteiger partial charge in [-0.2, -0.15) is 0 Å². The van der Waals surface area contributed by atoms with E-state index in [1.165, 1.54) is 0 Å². The fraction of sp³-hybridized carbons (Fsp3) is 1.00. The van der Waals surface area contributed by atoms with Crippen LogP contribution in [0.15, 0.2) is 0 Å². The Bertz CT molecular complexity index is 156. The van der Waals surface area contributed by atoms with Gasteiger partial charge in [-0.3, -0.25) is 0 Å². The first-order valence-electron chi connectivity index (χ1n) is 6.70. The number of methoxy groups -OCH3 is 1. The molecule has 0 spiro atoms. The Kier molecular flexibility index (Phi) is 14.7. The van der Waals surface area contributed by atoms with Gasteiger partial charge in [-0.15, -0.1) is 0 Å². The number of rotatable bonds is 14. The van der Waals surface area contributed by atoms with Crippen molar-refractivity contribution >= 4 is 0 Å².